The average Bonchev–Trinajstić information content (AvgIpc) is 2.35. The molecule has 0 heterocycles. The minimum absolute atomic E-state index is 0.844. The Labute approximate surface area is 107 Å². The smallest absolute Gasteiger partial charge is 0.0347 e. The second-order valence-electron chi connectivity index (χ2n) is 3.80. The van der Waals surface area contributed by atoms with Crippen LogP contribution in [0.1, 0.15) is 39.0 Å². The van der Waals surface area contributed by atoms with Crippen LogP contribution in [-0.4, -0.2) is 0 Å². The normalized spacial score (nSPS) is 13.3. The maximum Gasteiger partial charge on any atom is -0.0347 e. The number of allylic oxidation sites excluding steroid dienone is 10. The molecule has 0 saturated heterocycles. The Bertz CT molecular complexity index is 274. The molecule has 0 amide bonds. The summed E-state index contributed by atoms with van der Waals surface area (Å²) < 4.78 is 0. The maximum absolute atomic E-state index is 3.72. The fraction of sp³-hybridized carbons (Fsp3) is 0.353. The van der Waals surface area contributed by atoms with Gasteiger partial charge in [0.15, 0.2) is 0 Å². The lowest BCUT2D eigenvalue weighted by Gasteiger charge is -1.89. The highest BCUT2D eigenvalue weighted by molar-refractivity contribution is 5.17. The van der Waals surface area contributed by atoms with E-state index in [1.807, 2.05) is 42.5 Å². The highest BCUT2D eigenvalue weighted by atomic mass is 13.9. The van der Waals surface area contributed by atoms with Crippen LogP contribution in [0.15, 0.2) is 60.8 Å². The van der Waals surface area contributed by atoms with Gasteiger partial charge in [-0.15, -0.1) is 0 Å². The first-order valence-corrected chi connectivity index (χ1v) is 6.52. The summed E-state index contributed by atoms with van der Waals surface area (Å²) in [5.74, 6) is 0. The summed E-state index contributed by atoms with van der Waals surface area (Å²) in [4.78, 5) is 0. The predicted octanol–water partition coefficient (Wildman–Crippen LogP) is 5.57. The van der Waals surface area contributed by atoms with E-state index >= 15 is 0 Å². The van der Waals surface area contributed by atoms with Gasteiger partial charge in [0.05, 0.1) is 0 Å². The van der Waals surface area contributed by atoms with E-state index in [1.54, 1.807) is 0 Å². The fourth-order valence-corrected chi connectivity index (χ4v) is 1.25. The maximum atomic E-state index is 3.72. The quantitative estimate of drug-likeness (QED) is 0.358. The molecular formula is C17H25. The van der Waals surface area contributed by atoms with Crippen LogP contribution < -0.4 is 0 Å². The van der Waals surface area contributed by atoms with Gasteiger partial charge in [-0.1, -0.05) is 80.5 Å². The minimum Gasteiger partial charge on any atom is -0.0845 e. The van der Waals surface area contributed by atoms with Crippen LogP contribution in [0.3, 0.4) is 0 Å². The third kappa shape index (κ3) is 14.7. The van der Waals surface area contributed by atoms with Gasteiger partial charge >= 0.3 is 0 Å². The third-order valence-electron chi connectivity index (χ3n) is 2.19. The lowest BCUT2D eigenvalue weighted by Crippen LogP contribution is -1.69. The number of hydrogen-bond acceptors (Lipinski definition) is 0. The molecule has 1 radical (unpaired) electrons. The number of hydrogen-bond donors (Lipinski definition) is 0. The summed E-state index contributed by atoms with van der Waals surface area (Å²) in [6, 6.07) is 0. The zero-order valence-electron chi connectivity index (χ0n) is 11.0. The summed E-state index contributed by atoms with van der Waals surface area (Å²) in [6.07, 6.45) is 26.5. The van der Waals surface area contributed by atoms with Crippen molar-refractivity contribution in [2.45, 2.75) is 39.0 Å². The number of unbranched alkanes of at least 4 members (excludes halogenated alkanes) is 3. The highest BCUT2D eigenvalue weighted by Crippen LogP contribution is 1.99. The van der Waals surface area contributed by atoms with Crippen molar-refractivity contribution in [2.24, 2.45) is 0 Å². The van der Waals surface area contributed by atoms with Gasteiger partial charge in [0, 0.05) is 0 Å². The standard InChI is InChI=1S/C17H25/c1-3-5-7-9-11-13-15-17-16-14-12-10-8-6-4-2/h5,7,9,11-17H,1,3-4,6,8,10H2,2H3. The SMILES string of the molecule is [CH2]CC=CC=CC=CC=CC=CCCCCC. The van der Waals surface area contributed by atoms with Crippen molar-refractivity contribution in [2.75, 3.05) is 0 Å². The second-order valence-corrected chi connectivity index (χ2v) is 3.80. The van der Waals surface area contributed by atoms with Crippen LogP contribution in [0.2, 0.25) is 0 Å². The van der Waals surface area contributed by atoms with Gasteiger partial charge < -0.3 is 0 Å². The predicted molar refractivity (Wildman–Crippen MR) is 79.8 cm³/mol. The van der Waals surface area contributed by atoms with Crippen LogP contribution in [0.25, 0.3) is 0 Å². The second kappa shape index (κ2) is 14.7. The molecule has 0 fully saturated rings. The molecule has 0 aromatic carbocycles. The number of rotatable bonds is 9. The van der Waals surface area contributed by atoms with Crippen LogP contribution in [0, 0.1) is 6.92 Å². The summed E-state index contributed by atoms with van der Waals surface area (Å²) in [5, 5.41) is 0. The first kappa shape index (κ1) is 15.7. The first-order chi connectivity index (χ1) is 8.41. The summed E-state index contributed by atoms with van der Waals surface area (Å²) in [7, 11) is 0. The van der Waals surface area contributed by atoms with E-state index in [4.69, 9.17) is 0 Å². The Morgan fingerprint density at radius 3 is 1.76 bits per heavy atom. The van der Waals surface area contributed by atoms with Crippen LogP contribution in [0.4, 0.5) is 0 Å². The molecule has 0 aliphatic heterocycles. The zero-order valence-corrected chi connectivity index (χ0v) is 11.0. The van der Waals surface area contributed by atoms with Gasteiger partial charge in [0.2, 0.25) is 0 Å². The third-order valence-corrected chi connectivity index (χ3v) is 2.19. The van der Waals surface area contributed by atoms with E-state index in [0.717, 1.165) is 6.42 Å². The molecule has 0 unspecified atom stereocenters. The minimum atomic E-state index is 0.844. The lowest BCUT2D eigenvalue weighted by molar-refractivity contribution is 0.729. The van der Waals surface area contributed by atoms with Crippen molar-refractivity contribution in [3.05, 3.63) is 67.7 Å². The van der Waals surface area contributed by atoms with Gasteiger partial charge in [-0.2, -0.15) is 0 Å². The van der Waals surface area contributed by atoms with E-state index in [2.05, 4.69) is 32.1 Å². The monoisotopic (exact) mass is 229 g/mol. The molecule has 0 aliphatic carbocycles. The molecule has 93 valence electrons. The molecule has 0 atom stereocenters. The molecule has 0 bridgehead atoms. The molecule has 0 rings (SSSR count). The summed E-state index contributed by atoms with van der Waals surface area (Å²) in [5.41, 5.74) is 0. The molecule has 0 spiro atoms. The summed E-state index contributed by atoms with van der Waals surface area (Å²) in [6.45, 7) is 5.95. The highest BCUT2D eigenvalue weighted by Gasteiger charge is 1.79. The fourth-order valence-electron chi connectivity index (χ4n) is 1.25. The molecule has 0 aliphatic rings. The van der Waals surface area contributed by atoms with E-state index in [1.165, 1.54) is 25.7 Å². The van der Waals surface area contributed by atoms with Crippen molar-refractivity contribution in [1.82, 2.24) is 0 Å². The molecular weight excluding hydrogens is 204 g/mol. The van der Waals surface area contributed by atoms with Gasteiger partial charge in [0.1, 0.15) is 0 Å². The Kier molecular flexibility index (Phi) is 13.6. The molecule has 17 heavy (non-hydrogen) atoms. The Morgan fingerprint density at radius 2 is 1.24 bits per heavy atom. The molecule has 0 N–H and O–H groups in total. The lowest BCUT2D eigenvalue weighted by atomic mass is 10.2. The van der Waals surface area contributed by atoms with Gasteiger partial charge in [-0.3, -0.25) is 0 Å². The van der Waals surface area contributed by atoms with Crippen LogP contribution in [0.5, 0.6) is 0 Å². The zero-order chi connectivity index (χ0) is 12.6. The van der Waals surface area contributed by atoms with Crippen molar-refractivity contribution in [3.63, 3.8) is 0 Å². The van der Waals surface area contributed by atoms with Crippen molar-refractivity contribution >= 4 is 0 Å². The van der Waals surface area contributed by atoms with E-state index in [-0.39, 0.29) is 0 Å². The largest absolute Gasteiger partial charge is 0.0845 e. The molecule has 0 aromatic rings. The molecule has 0 heteroatoms. The Hall–Kier alpha value is -1.30. The van der Waals surface area contributed by atoms with E-state index in [0.29, 0.717) is 0 Å². The molecule has 0 nitrogen and oxygen atoms in total. The van der Waals surface area contributed by atoms with E-state index in [9.17, 15) is 0 Å². The van der Waals surface area contributed by atoms with Gasteiger partial charge in [-0.25, -0.2) is 0 Å². The first-order valence-electron chi connectivity index (χ1n) is 6.52. The van der Waals surface area contributed by atoms with Crippen molar-refractivity contribution < 1.29 is 0 Å². The van der Waals surface area contributed by atoms with Crippen LogP contribution in [-0.2, 0) is 0 Å². The molecule has 0 saturated carbocycles. The molecule has 0 aromatic heterocycles. The van der Waals surface area contributed by atoms with E-state index < -0.39 is 0 Å². The van der Waals surface area contributed by atoms with Crippen LogP contribution >= 0.6 is 0 Å². The summed E-state index contributed by atoms with van der Waals surface area (Å²) >= 11 is 0. The Morgan fingerprint density at radius 1 is 0.706 bits per heavy atom. The topological polar surface area (TPSA) is 0 Å². The average molecular weight is 229 g/mol. The Balaban J connectivity index is 3.55. The van der Waals surface area contributed by atoms with Gasteiger partial charge in [0.25, 0.3) is 0 Å². The van der Waals surface area contributed by atoms with Crippen molar-refractivity contribution in [1.29, 1.82) is 0 Å². The van der Waals surface area contributed by atoms with Gasteiger partial charge in [-0.05, 0) is 26.2 Å². The van der Waals surface area contributed by atoms with Crippen molar-refractivity contribution in [3.8, 4) is 0 Å².